The van der Waals surface area contributed by atoms with E-state index in [1.54, 1.807) is 4.90 Å². The monoisotopic (exact) mass is 383 g/mol. The van der Waals surface area contributed by atoms with Crippen molar-refractivity contribution in [2.75, 3.05) is 51.2 Å². The molecule has 150 valence electrons. The molecule has 0 radical (unpaired) electrons. The summed E-state index contributed by atoms with van der Waals surface area (Å²) in [6, 6.07) is 18.1. The van der Waals surface area contributed by atoms with E-state index >= 15 is 0 Å². The fraction of sp³-hybridized carbons (Fsp3) is 0.435. The number of hydrogen-bond acceptors (Lipinski definition) is 2. The van der Waals surface area contributed by atoms with Crippen molar-refractivity contribution in [2.24, 2.45) is 0 Å². The van der Waals surface area contributed by atoms with Crippen LogP contribution < -0.4 is 19.9 Å². The standard InChI is InChI=1S/C23H31N3O2/c1-19(2)20-8-10-21(11-9-20)24-23(27)18-26-14-12-25(13-15-26)16-17-28-22-6-4-3-5-7-22/h3-11,19H,12-18H2,1-2H3,(H,24,27)/p+2. The number of para-hydroxylation sites is 1. The largest absolute Gasteiger partial charge is 0.488 e. The zero-order chi connectivity index (χ0) is 19.8. The highest BCUT2D eigenvalue weighted by atomic mass is 16.5. The maximum atomic E-state index is 12.4. The second kappa shape index (κ2) is 10.2. The molecule has 1 amide bonds. The Kier molecular flexibility index (Phi) is 7.46. The molecule has 0 unspecified atom stereocenters. The highest BCUT2D eigenvalue weighted by Gasteiger charge is 2.24. The van der Waals surface area contributed by atoms with Crippen LogP contribution in [0, 0.1) is 0 Å². The van der Waals surface area contributed by atoms with Crippen LogP contribution in [0.2, 0.25) is 0 Å². The molecule has 1 aliphatic heterocycles. The number of nitrogens with one attached hydrogen (secondary N) is 3. The average molecular weight is 384 g/mol. The third-order valence-corrected chi connectivity index (χ3v) is 5.40. The van der Waals surface area contributed by atoms with Crippen LogP contribution in [0.5, 0.6) is 5.75 Å². The quantitative estimate of drug-likeness (QED) is 0.626. The van der Waals surface area contributed by atoms with Crippen LogP contribution in [0.1, 0.15) is 25.3 Å². The summed E-state index contributed by atoms with van der Waals surface area (Å²) < 4.78 is 5.80. The van der Waals surface area contributed by atoms with Gasteiger partial charge in [0.05, 0.1) is 0 Å². The van der Waals surface area contributed by atoms with Gasteiger partial charge in [-0.2, -0.15) is 0 Å². The average Bonchev–Trinajstić information content (AvgIpc) is 2.70. The van der Waals surface area contributed by atoms with E-state index in [1.807, 2.05) is 42.5 Å². The van der Waals surface area contributed by atoms with E-state index in [-0.39, 0.29) is 5.91 Å². The van der Waals surface area contributed by atoms with E-state index in [1.165, 1.54) is 10.5 Å². The molecule has 2 aromatic rings. The van der Waals surface area contributed by atoms with Crippen molar-refractivity contribution >= 4 is 11.6 Å². The van der Waals surface area contributed by atoms with Gasteiger partial charge in [-0.1, -0.05) is 44.2 Å². The Morgan fingerprint density at radius 3 is 2.25 bits per heavy atom. The lowest BCUT2D eigenvalue weighted by Crippen LogP contribution is -3.28. The third kappa shape index (κ3) is 6.36. The first-order valence-electron chi connectivity index (χ1n) is 10.3. The van der Waals surface area contributed by atoms with Crippen LogP contribution in [0.15, 0.2) is 54.6 Å². The number of benzene rings is 2. The van der Waals surface area contributed by atoms with E-state index in [9.17, 15) is 4.79 Å². The number of amides is 1. The van der Waals surface area contributed by atoms with Gasteiger partial charge >= 0.3 is 0 Å². The zero-order valence-electron chi connectivity index (χ0n) is 17.0. The van der Waals surface area contributed by atoms with Gasteiger partial charge in [0.25, 0.3) is 5.91 Å². The lowest BCUT2D eigenvalue weighted by atomic mass is 10.0. The van der Waals surface area contributed by atoms with Crippen molar-refractivity contribution in [2.45, 2.75) is 19.8 Å². The maximum absolute atomic E-state index is 12.4. The van der Waals surface area contributed by atoms with Gasteiger partial charge in [-0.3, -0.25) is 4.79 Å². The fourth-order valence-corrected chi connectivity index (χ4v) is 3.60. The first-order valence-corrected chi connectivity index (χ1v) is 10.3. The molecule has 0 atom stereocenters. The Labute approximate surface area is 168 Å². The third-order valence-electron chi connectivity index (χ3n) is 5.40. The molecule has 0 saturated carbocycles. The molecule has 1 heterocycles. The predicted molar refractivity (Wildman–Crippen MR) is 112 cm³/mol. The van der Waals surface area contributed by atoms with Gasteiger partial charge in [0.15, 0.2) is 6.54 Å². The van der Waals surface area contributed by atoms with Crippen molar-refractivity contribution in [3.8, 4) is 5.75 Å². The summed E-state index contributed by atoms with van der Waals surface area (Å²) in [5, 5.41) is 3.03. The Balaban J connectivity index is 1.34. The molecule has 28 heavy (non-hydrogen) atoms. The minimum Gasteiger partial charge on any atom is -0.488 e. The smallest absolute Gasteiger partial charge is 0.279 e. The molecule has 0 aromatic heterocycles. The molecule has 2 aromatic carbocycles. The molecule has 0 bridgehead atoms. The van der Waals surface area contributed by atoms with Gasteiger partial charge in [0.2, 0.25) is 0 Å². The SMILES string of the molecule is CC(C)c1ccc(NC(=O)C[NH+]2CC[NH+](CCOc3ccccc3)CC2)cc1. The molecular formula is C23H33N3O2+2. The summed E-state index contributed by atoms with van der Waals surface area (Å²) in [4.78, 5) is 15.3. The highest BCUT2D eigenvalue weighted by Crippen LogP contribution is 2.16. The number of quaternary nitrogens is 2. The number of hydrogen-bond donors (Lipinski definition) is 3. The lowest BCUT2D eigenvalue weighted by molar-refractivity contribution is -1.01. The Morgan fingerprint density at radius 2 is 1.61 bits per heavy atom. The van der Waals surface area contributed by atoms with Gasteiger partial charge in [0, 0.05) is 5.69 Å². The van der Waals surface area contributed by atoms with E-state index in [4.69, 9.17) is 4.74 Å². The summed E-state index contributed by atoms with van der Waals surface area (Å²) >= 11 is 0. The van der Waals surface area contributed by atoms with E-state index < -0.39 is 0 Å². The van der Waals surface area contributed by atoms with Crippen molar-refractivity contribution in [1.82, 2.24) is 0 Å². The summed E-state index contributed by atoms with van der Waals surface area (Å²) in [7, 11) is 0. The van der Waals surface area contributed by atoms with Crippen molar-refractivity contribution < 1.29 is 19.3 Å². The first kappa shape index (κ1) is 20.4. The Bertz CT molecular complexity index is 723. The van der Waals surface area contributed by atoms with Crippen LogP contribution in [0.3, 0.4) is 0 Å². The highest BCUT2D eigenvalue weighted by molar-refractivity contribution is 5.91. The summed E-state index contributed by atoms with van der Waals surface area (Å²) in [6.45, 7) is 10.9. The topological polar surface area (TPSA) is 47.2 Å². The van der Waals surface area contributed by atoms with Crippen molar-refractivity contribution in [1.29, 1.82) is 0 Å². The predicted octanol–water partition coefficient (Wildman–Crippen LogP) is 0.611. The van der Waals surface area contributed by atoms with Crippen LogP contribution in [0.4, 0.5) is 5.69 Å². The molecule has 3 rings (SSSR count). The van der Waals surface area contributed by atoms with E-state index in [0.717, 1.165) is 50.8 Å². The molecule has 3 N–H and O–H groups in total. The van der Waals surface area contributed by atoms with Gasteiger partial charge in [-0.05, 0) is 35.7 Å². The van der Waals surface area contributed by atoms with Crippen LogP contribution in [0.25, 0.3) is 0 Å². The normalized spacial score (nSPS) is 19.4. The second-order valence-electron chi connectivity index (χ2n) is 7.91. The fourth-order valence-electron chi connectivity index (χ4n) is 3.60. The Morgan fingerprint density at radius 1 is 0.964 bits per heavy atom. The molecule has 1 fully saturated rings. The van der Waals surface area contributed by atoms with E-state index in [2.05, 4.69) is 31.3 Å². The molecule has 5 nitrogen and oxygen atoms in total. The van der Waals surface area contributed by atoms with Crippen LogP contribution in [-0.4, -0.2) is 51.8 Å². The van der Waals surface area contributed by atoms with Gasteiger partial charge in [-0.25, -0.2) is 0 Å². The van der Waals surface area contributed by atoms with Crippen molar-refractivity contribution in [3.05, 3.63) is 60.2 Å². The molecule has 1 saturated heterocycles. The second-order valence-corrected chi connectivity index (χ2v) is 7.91. The zero-order valence-corrected chi connectivity index (χ0v) is 17.0. The summed E-state index contributed by atoms with van der Waals surface area (Å²) in [5.41, 5.74) is 2.18. The minimum absolute atomic E-state index is 0.100. The molecule has 0 spiro atoms. The molecule has 1 aliphatic rings. The van der Waals surface area contributed by atoms with Crippen LogP contribution in [-0.2, 0) is 4.79 Å². The Hall–Kier alpha value is -2.37. The lowest BCUT2D eigenvalue weighted by Gasteiger charge is -2.29. The van der Waals surface area contributed by atoms with Gasteiger partial charge in [-0.15, -0.1) is 0 Å². The number of piperazine rings is 1. The van der Waals surface area contributed by atoms with E-state index in [0.29, 0.717) is 12.5 Å². The first-order chi connectivity index (χ1) is 13.6. The summed E-state index contributed by atoms with van der Waals surface area (Å²) in [6.07, 6.45) is 0. The minimum atomic E-state index is 0.100. The van der Waals surface area contributed by atoms with Crippen molar-refractivity contribution in [3.63, 3.8) is 0 Å². The maximum Gasteiger partial charge on any atom is 0.279 e. The molecule has 5 heteroatoms. The summed E-state index contributed by atoms with van der Waals surface area (Å²) in [5.74, 6) is 1.54. The number of carbonyl (C=O) groups excluding carboxylic acids is 1. The number of carbonyl (C=O) groups is 1. The molecular weight excluding hydrogens is 350 g/mol. The van der Waals surface area contributed by atoms with Gasteiger partial charge in [0.1, 0.15) is 45.1 Å². The number of ether oxygens (including phenoxy) is 1. The number of rotatable bonds is 8. The van der Waals surface area contributed by atoms with Gasteiger partial charge < -0.3 is 19.9 Å². The molecule has 0 aliphatic carbocycles. The van der Waals surface area contributed by atoms with Crippen LogP contribution >= 0.6 is 0 Å². The number of anilines is 1.